The SMILES string of the molecule is Cc1ccc(-c2ccc3cc(OC[C@H](O)C[18F])ccc3n2)cn1. The second kappa shape index (κ2) is 6.71. The number of aromatic nitrogens is 2. The van der Waals surface area contributed by atoms with Crippen LogP contribution in [0.2, 0.25) is 0 Å². The maximum atomic E-state index is 12.2. The molecule has 5 heteroatoms. The third kappa shape index (κ3) is 3.63. The van der Waals surface area contributed by atoms with Crippen LogP contribution in [-0.4, -0.2) is 34.5 Å². The van der Waals surface area contributed by atoms with E-state index in [9.17, 15) is 9.50 Å². The molecular weight excluding hydrogens is 294 g/mol. The highest BCUT2D eigenvalue weighted by Crippen LogP contribution is 2.24. The number of hydrogen-bond acceptors (Lipinski definition) is 4. The number of benzene rings is 1. The first-order valence-electron chi connectivity index (χ1n) is 7.36. The van der Waals surface area contributed by atoms with E-state index in [1.165, 1.54) is 0 Å². The van der Waals surface area contributed by atoms with Gasteiger partial charge in [0.15, 0.2) is 0 Å². The van der Waals surface area contributed by atoms with Crippen molar-refractivity contribution in [1.82, 2.24) is 9.97 Å². The van der Waals surface area contributed by atoms with Crippen molar-refractivity contribution in [1.29, 1.82) is 0 Å². The van der Waals surface area contributed by atoms with Crippen molar-refractivity contribution >= 4 is 10.9 Å². The van der Waals surface area contributed by atoms with Gasteiger partial charge in [-0.25, -0.2) is 9.37 Å². The molecule has 1 N–H and O–H groups in total. The Balaban J connectivity index is 1.85. The number of fused-ring (bicyclic) bond motifs is 1. The van der Waals surface area contributed by atoms with Crippen molar-refractivity contribution in [2.24, 2.45) is 0 Å². The number of aliphatic hydroxyl groups excluding tert-OH is 1. The highest BCUT2D eigenvalue weighted by molar-refractivity contribution is 5.82. The summed E-state index contributed by atoms with van der Waals surface area (Å²) in [7, 11) is 0. The quantitative estimate of drug-likeness (QED) is 0.785. The van der Waals surface area contributed by atoms with Crippen LogP contribution < -0.4 is 4.74 Å². The zero-order valence-electron chi connectivity index (χ0n) is 12.7. The molecule has 0 radical (unpaired) electrons. The van der Waals surface area contributed by atoms with Crippen LogP contribution in [0, 0.1) is 6.92 Å². The van der Waals surface area contributed by atoms with E-state index in [0.717, 1.165) is 27.9 Å². The van der Waals surface area contributed by atoms with Crippen LogP contribution in [0.1, 0.15) is 5.69 Å². The van der Waals surface area contributed by atoms with E-state index in [-0.39, 0.29) is 6.61 Å². The standard InChI is InChI=1S/C18H17FN2O2/c1-12-2-3-14(10-20-12)18-6-4-13-8-16(5-7-17(13)21-18)23-11-15(22)9-19/h2-8,10,15,22H,9,11H2,1H3/t15-/m1/s1/i19-1. The molecule has 23 heavy (non-hydrogen) atoms. The van der Waals surface area contributed by atoms with Crippen molar-refractivity contribution in [3.05, 3.63) is 54.4 Å². The lowest BCUT2D eigenvalue weighted by molar-refractivity contribution is 0.0842. The molecule has 118 valence electrons. The maximum Gasteiger partial charge on any atom is 0.120 e. The number of aryl methyl sites for hydroxylation is 1. The van der Waals surface area contributed by atoms with Gasteiger partial charge in [0.05, 0.1) is 11.2 Å². The topological polar surface area (TPSA) is 55.2 Å². The Hall–Kier alpha value is -2.53. The highest BCUT2D eigenvalue weighted by atomic mass is 18.2. The lowest BCUT2D eigenvalue weighted by Gasteiger charge is -2.10. The van der Waals surface area contributed by atoms with Gasteiger partial charge in [0, 0.05) is 22.8 Å². The Morgan fingerprint density at radius 2 is 2.04 bits per heavy atom. The van der Waals surface area contributed by atoms with Gasteiger partial charge in [0.2, 0.25) is 0 Å². The van der Waals surface area contributed by atoms with Crippen LogP contribution in [0.3, 0.4) is 0 Å². The third-order valence-corrected chi connectivity index (χ3v) is 3.49. The van der Waals surface area contributed by atoms with Gasteiger partial charge in [0.1, 0.15) is 25.1 Å². The summed E-state index contributed by atoms with van der Waals surface area (Å²) in [6.45, 7) is 1.06. The molecule has 0 unspecified atom stereocenters. The molecule has 0 aliphatic carbocycles. The Morgan fingerprint density at radius 3 is 2.78 bits per heavy atom. The fraction of sp³-hybridized carbons (Fsp3) is 0.222. The second-order valence-corrected chi connectivity index (χ2v) is 5.36. The minimum absolute atomic E-state index is 0.0669. The number of nitrogens with zero attached hydrogens (tertiary/aromatic N) is 2. The van der Waals surface area contributed by atoms with Gasteiger partial charge in [-0.05, 0) is 43.3 Å². The molecule has 0 saturated carbocycles. The first kappa shape index (κ1) is 15.4. The van der Waals surface area contributed by atoms with E-state index in [1.807, 2.05) is 43.3 Å². The summed E-state index contributed by atoms with van der Waals surface area (Å²) in [4.78, 5) is 8.91. The molecule has 2 aromatic heterocycles. The Kier molecular flexibility index (Phi) is 4.48. The highest BCUT2D eigenvalue weighted by Gasteiger charge is 2.06. The molecule has 1 atom stereocenters. The number of hydrogen-bond donors (Lipinski definition) is 1. The first-order valence-corrected chi connectivity index (χ1v) is 7.36. The van der Waals surface area contributed by atoms with Crippen molar-refractivity contribution in [3.8, 4) is 17.0 Å². The van der Waals surface area contributed by atoms with Crippen molar-refractivity contribution in [2.45, 2.75) is 13.0 Å². The van der Waals surface area contributed by atoms with Crippen LogP contribution >= 0.6 is 0 Å². The number of rotatable bonds is 5. The molecular formula is C18H17FN2O2. The Bertz CT molecular complexity index is 806. The molecule has 0 fully saturated rings. The predicted molar refractivity (Wildman–Crippen MR) is 87.2 cm³/mol. The van der Waals surface area contributed by atoms with E-state index in [2.05, 4.69) is 9.97 Å². The Morgan fingerprint density at radius 1 is 1.17 bits per heavy atom. The van der Waals surface area contributed by atoms with Crippen LogP contribution in [0.5, 0.6) is 5.75 Å². The molecule has 0 spiro atoms. The second-order valence-electron chi connectivity index (χ2n) is 5.36. The van der Waals surface area contributed by atoms with Crippen LogP contribution in [0.4, 0.5) is 4.39 Å². The summed E-state index contributed by atoms with van der Waals surface area (Å²) in [5.41, 5.74) is 3.61. The monoisotopic (exact) mass is 311 g/mol. The van der Waals surface area contributed by atoms with E-state index < -0.39 is 12.8 Å². The molecule has 2 heterocycles. The number of alkyl halides is 1. The minimum Gasteiger partial charge on any atom is -0.491 e. The lowest BCUT2D eigenvalue weighted by atomic mass is 10.1. The summed E-state index contributed by atoms with van der Waals surface area (Å²) in [5, 5.41) is 10.1. The van der Waals surface area contributed by atoms with Gasteiger partial charge in [-0.15, -0.1) is 0 Å². The van der Waals surface area contributed by atoms with E-state index in [4.69, 9.17) is 4.74 Å². The maximum absolute atomic E-state index is 12.2. The van der Waals surface area contributed by atoms with Gasteiger partial charge in [-0.3, -0.25) is 4.98 Å². The van der Waals surface area contributed by atoms with Crippen molar-refractivity contribution in [3.63, 3.8) is 0 Å². The third-order valence-electron chi connectivity index (χ3n) is 3.49. The number of pyridine rings is 2. The average molecular weight is 311 g/mol. The number of halogens is 1. The summed E-state index contributed by atoms with van der Waals surface area (Å²) in [6.07, 6.45) is 0.708. The molecule has 0 saturated heterocycles. The van der Waals surface area contributed by atoms with Crippen LogP contribution in [0.25, 0.3) is 22.2 Å². The van der Waals surface area contributed by atoms with Crippen LogP contribution in [-0.2, 0) is 0 Å². The summed E-state index contributed by atoms with van der Waals surface area (Å²) in [5.74, 6) is 0.580. The van der Waals surface area contributed by atoms with Gasteiger partial charge >= 0.3 is 0 Å². The smallest absolute Gasteiger partial charge is 0.120 e. The fourth-order valence-electron chi connectivity index (χ4n) is 2.21. The average Bonchev–Trinajstić information content (AvgIpc) is 2.59. The molecule has 4 nitrogen and oxygen atoms in total. The lowest BCUT2D eigenvalue weighted by Crippen LogP contribution is -2.19. The van der Waals surface area contributed by atoms with Gasteiger partial charge in [0.25, 0.3) is 0 Å². The molecule has 0 amide bonds. The fourth-order valence-corrected chi connectivity index (χ4v) is 2.21. The molecule has 0 aliphatic heterocycles. The number of ether oxygens (including phenoxy) is 1. The van der Waals surface area contributed by atoms with Gasteiger partial charge in [-0.2, -0.15) is 0 Å². The van der Waals surface area contributed by atoms with Crippen LogP contribution in [0.15, 0.2) is 48.7 Å². The number of aliphatic hydroxyl groups is 1. The summed E-state index contributed by atoms with van der Waals surface area (Å²) in [6, 6.07) is 13.3. The zero-order chi connectivity index (χ0) is 16.2. The molecule has 3 aromatic rings. The van der Waals surface area contributed by atoms with E-state index in [0.29, 0.717) is 5.75 Å². The van der Waals surface area contributed by atoms with Gasteiger partial charge < -0.3 is 9.84 Å². The van der Waals surface area contributed by atoms with Crippen molar-refractivity contribution < 1.29 is 14.2 Å². The molecule has 1 aromatic carbocycles. The Labute approximate surface area is 133 Å². The summed E-state index contributed by atoms with van der Waals surface area (Å²) >= 11 is 0. The molecule has 0 aliphatic rings. The van der Waals surface area contributed by atoms with E-state index >= 15 is 0 Å². The zero-order valence-corrected chi connectivity index (χ0v) is 12.7. The minimum atomic E-state index is -1.10. The predicted octanol–water partition coefficient (Wildman–Crippen LogP) is 3.31. The van der Waals surface area contributed by atoms with E-state index in [1.54, 1.807) is 12.3 Å². The first-order chi connectivity index (χ1) is 11.2. The van der Waals surface area contributed by atoms with Crippen molar-refractivity contribution in [2.75, 3.05) is 13.3 Å². The van der Waals surface area contributed by atoms with Gasteiger partial charge in [-0.1, -0.05) is 6.07 Å². The summed E-state index contributed by atoms with van der Waals surface area (Å²) < 4.78 is 17.6. The largest absolute Gasteiger partial charge is 0.491 e. The molecule has 0 bridgehead atoms. The molecule has 3 rings (SSSR count). The normalized spacial score (nSPS) is 12.3.